The molecule has 0 bridgehead atoms. The topological polar surface area (TPSA) is 88.2 Å². The molecule has 0 atom stereocenters. The Labute approximate surface area is 231 Å². The lowest BCUT2D eigenvalue weighted by Crippen LogP contribution is -2.36. The first-order valence-electron chi connectivity index (χ1n) is 14.0. The molecule has 1 amide bonds. The highest BCUT2D eigenvalue weighted by Crippen LogP contribution is 2.42. The smallest absolute Gasteiger partial charge is 0.238 e. The zero-order valence-electron chi connectivity index (χ0n) is 22.3. The molecule has 5 aromatic rings. The molecule has 4 heterocycles. The molecule has 2 saturated heterocycles. The van der Waals surface area contributed by atoms with E-state index in [1.54, 1.807) is 12.1 Å². The Morgan fingerprint density at radius 3 is 2.42 bits per heavy atom. The quantitative estimate of drug-likeness (QED) is 0.311. The van der Waals surface area contributed by atoms with Gasteiger partial charge in [0.2, 0.25) is 5.91 Å². The largest absolute Gasteiger partial charge is 0.455 e. The molecule has 1 N–H and O–H groups in total. The molecule has 8 nitrogen and oxygen atoms in total. The number of amides is 1. The fourth-order valence-corrected chi connectivity index (χ4v) is 5.97. The van der Waals surface area contributed by atoms with Gasteiger partial charge in [0.1, 0.15) is 16.7 Å². The molecule has 0 radical (unpaired) electrons. The second kappa shape index (κ2) is 10.4. The molecule has 2 aliphatic heterocycles. The summed E-state index contributed by atoms with van der Waals surface area (Å²) in [6.45, 7) is 4.79. The maximum atomic E-state index is 13.2. The minimum atomic E-state index is -0.0907. The highest BCUT2D eigenvalue weighted by Gasteiger charge is 2.22. The third-order valence-electron chi connectivity index (χ3n) is 7.97. The van der Waals surface area contributed by atoms with E-state index in [1.807, 2.05) is 53.4 Å². The number of hydrogen-bond acceptors (Lipinski definition) is 7. The first-order chi connectivity index (χ1) is 19.7. The van der Waals surface area contributed by atoms with Crippen LogP contribution in [0.4, 0.5) is 11.6 Å². The summed E-state index contributed by atoms with van der Waals surface area (Å²) in [6, 6.07) is 18.9. The Hall–Kier alpha value is -4.14. The van der Waals surface area contributed by atoms with Crippen molar-refractivity contribution >= 4 is 50.4 Å². The zero-order chi connectivity index (χ0) is 27.1. The standard InChI is InChI=1S/C32H31N3O5/c36-26-19-29(35-15-17-38-18-16-35)40-31-21(8-6-9-23(26)31)22-11-12-25(33-28(37)20-34-13-4-1-5-14-34)30-24-7-2-3-10-27(24)39-32(22)30/h2-3,6-12,19H,1,4-5,13-18,20H2,(H,33,37). The molecule has 40 heavy (non-hydrogen) atoms. The van der Waals surface area contributed by atoms with E-state index in [1.165, 1.54) is 6.42 Å². The number of para-hydroxylation sites is 2. The Kier molecular flexibility index (Phi) is 6.49. The number of likely N-dealkylation sites (tertiary alicyclic amines) is 1. The van der Waals surface area contributed by atoms with Gasteiger partial charge in [-0.3, -0.25) is 14.5 Å². The molecule has 0 spiro atoms. The molecule has 0 unspecified atom stereocenters. The van der Waals surface area contributed by atoms with Crippen LogP contribution in [0, 0.1) is 0 Å². The van der Waals surface area contributed by atoms with Crippen LogP contribution >= 0.6 is 0 Å². The van der Waals surface area contributed by atoms with Crippen molar-refractivity contribution in [2.24, 2.45) is 0 Å². The van der Waals surface area contributed by atoms with Gasteiger partial charge in [-0.15, -0.1) is 0 Å². The van der Waals surface area contributed by atoms with Crippen molar-refractivity contribution in [1.82, 2.24) is 4.90 Å². The molecule has 3 aromatic carbocycles. The van der Waals surface area contributed by atoms with Gasteiger partial charge in [0.15, 0.2) is 11.3 Å². The monoisotopic (exact) mass is 537 g/mol. The number of nitrogens with zero attached hydrogens (tertiary/aromatic N) is 2. The molecule has 2 aliphatic rings. The van der Waals surface area contributed by atoms with E-state index in [-0.39, 0.29) is 11.3 Å². The number of morpholine rings is 1. The molecule has 7 rings (SSSR count). The highest BCUT2D eigenvalue weighted by molar-refractivity contribution is 6.18. The number of furan rings is 1. The van der Waals surface area contributed by atoms with Gasteiger partial charge in [-0.25, -0.2) is 0 Å². The van der Waals surface area contributed by atoms with Gasteiger partial charge < -0.3 is 23.8 Å². The maximum absolute atomic E-state index is 13.2. The van der Waals surface area contributed by atoms with E-state index in [9.17, 15) is 9.59 Å². The summed E-state index contributed by atoms with van der Waals surface area (Å²) in [5.74, 6) is 0.503. The van der Waals surface area contributed by atoms with Gasteiger partial charge in [-0.2, -0.15) is 0 Å². The fraction of sp³-hybridized carbons (Fsp3) is 0.312. The van der Waals surface area contributed by atoms with E-state index in [4.69, 9.17) is 13.6 Å². The van der Waals surface area contributed by atoms with Crippen molar-refractivity contribution in [3.8, 4) is 11.1 Å². The van der Waals surface area contributed by atoms with E-state index >= 15 is 0 Å². The number of nitrogens with one attached hydrogen (secondary N) is 1. The second-order valence-electron chi connectivity index (χ2n) is 10.6. The summed E-state index contributed by atoms with van der Waals surface area (Å²) >= 11 is 0. The number of piperidine rings is 1. The first-order valence-corrected chi connectivity index (χ1v) is 14.0. The van der Waals surface area contributed by atoms with Crippen molar-refractivity contribution < 1.29 is 18.4 Å². The fourth-order valence-electron chi connectivity index (χ4n) is 5.97. The van der Waals surface area contributed by atoms with Crippen LogP contribution in [0.15, 0.2) is 74.3 Å². The Morgan fingerprint density at radius 2 is 1.57 bits per heavy atom. The van der Waals surface area contributed by atoms with Crippen molar-refractivity contribution in [2.75, 3.05) is 56.2 Å². The lowest BCUT2D eigenvalue weighted by Gasteiger charge is -2.27. The normalized spacial score (nSPS) is 16.6. The molecule has 0 saturated carbocycles. The number of carbonyl (C=O) groups excluding carboxylic acids is 1. The molecule has 204 valence electrons. The average Bonchev–Trinajstić information content (AvgIpc) is 3.38. The number of ether oxygens (including phenoxy) is 1. The van der Waals surface area contributed by atoms with Crippen molar-refractivity contribution in [2.45, 2.75) is 19.3 Å². The highest BCUT2D eigenvalue weighted by atomic mass is 16.5. The average molecular weight is 538 g/mol. The van der Waals surface area contributed by atoms with Gasteiger partial charge in [0.25, 0.3) is 0 Å². The molecule has 0 aliphatic carbocycles. The SMILES string of the molecule is O=C(CN1CCCCC1)Nc1ccc(-c2cccc3c(=O)cc(N4CCOCC4)oc23)c2oc3ccccc3c12. The van der Waals surface area contributed by atoms with Crippen molar-refractivity contribution in [1.29, 1.82) is 0 Å². The summed E-state index contributed by atoms with van der Waals surface area (Å²) < 4.78 is 18.3. The molecule has 8 heteroatoms. The Morgan fingerprint density at radius 1 is 0.800 bits per heavy atom. The van der Waals surface area contributed by atoms with Crippen LogP contribution in [0.3, 0.4) is 0 Å². The minimum absolute atomic E-state index is 0.0347. The molecule has 2 aromatic heterocycles. The van der Waals surface area contributed by atoms with Crippen LogP contribution in [0.2, 0.25) is 0 Å². The van der Waals surface area contributed by atoms with Gasteiger partial charge in [0, 0.05) is 35.7 Å². The summed E-state index contributed by atoms with van der Waals surface area (Å²) in [4.78, 5) is 30.5. The molecular formula is C32H31N3O5. The Bertz CT molecular complexity index is 1780. The lowest BCUT2D eigenvalue weighted by molar-refractivity contribution is -0.117. The van der Waals surface area contributed by atoms with E-state index in [0.29, 0.717) is 61.0 Å². The predicted octanol–water partition coefficient (Wildman–Crippen LogP) is 5.62. The van der Waals surface area contributed by atoms with Crippen LogP contribution in [0.25, 0.3) is 44.0 Å². The number of fused-ring (bicyclic) bond motifs is 4. The third-order valence-corrected chi connectivity index (χ3v) is 7.97. The van der Waals surface area contributed by atoms with Gasteiger partial charge in [-0.1, -0.05) is 36.8 Å². The molecule has 2 fully saturated rings. The lowest BCUT2D eigenvalue weighted by atomic mass is 9.99. The molecular weight excluding hydrogens is 506 g/mol. The van der Waals surface area contributed by atoms with E-state index in [0.717, 1.165) is 53.4 Å². The Balaban J connectivity index is 1.35. The van der Waals surface area contributed by atoms with E-state index in [2.05, 4.69) is 10.2 Å². The predicted molar refractivity (Wildman–Crippen MR) is 157 cm³/mol. The summed E-state index contributed by atoms with van der Waals surface area (Å²) in [5, 5.41) is 5.42. The van der Waals surface area contributed by atoms with Gasteiger partial charge >= 0.3 is 0 Å². The number of hydrogen-bond donors (Lipinski definition) is 1. The van der Waals surface area contributed by atoms with Crippen LogP contribution in [-0.4, -0.2) is 56.7 Å². The number of benzene rings is 3. The third kappa shape index (κ3) is 4.53. The van der Waals surface area contributed by atoms with Crippen LogP contribution in [0.1, 0.15) is 19.3 Å². The summed E-state index contributed by atoms with van der Waals surface area (Å²) in [5.41, 5.74) is 4.07. The number of anilines is 2. The second-order valence-corrected chi connectivity index (χ2v) is 10.6. The zero-order valence-corrected chi connectivity index (χ0v) is 22.3. The summed E-state index contributed by atoms with van der Waals surface area (Å²) in [7, 11) is 0. The van der Waals surface area contributed by atoms with Crippen molar-refractivity contribution in [3.63, 3.8) is 0 Å². The van der Waals surface area contributed by atoms with Crippen molar-refractivity contribution in [3.05, 3.63) is 70.9 Å². The van der Waals surface area contributed by atoms with Crippen LogP contribution in [0.5, 0.6) is 0 Å². The van der Waals surface area contributed by atoms with E-state index < -0.39 is 0 Å². The number of rotatable bonds is 5. The minimum Gasteiger partial charge on any atom is -0.455 e. The van der Waals surface area contributed by atoms with Gasteiger partial charge in [0.05, 0.1) is 36.2 Å². The van der Waals surface area contributed by atoms with Crippen LogP contribution in [-0.2, 0) is 9.53 Å². The van der Waals surface area contributed by atoms with Crippen LogP contribution < -0.4 is 15.6 Å². The summed E-state index contributed by atoms with van der Waals surface area (Å²) in [6.07, 6.45) is 3.49. The van der Waals surface area contributed by atoms with Gasteiger partial charge in [-0.05, 0) is 50.2 Å². The maximum Gasteiger partial charge on any atom is 0.238 e. The first kappa shape index (κ1) is 24.9. The number of carbonyl (C=O) groups is 1.